The first-order valence-electron chi connectivity index (χ1n) is 6.12. The number of hydrogen-bond donors (Lipinski definition) is 0. The number of rotatable bonds is 3. The summed E-state index contributed by atoms with van der Waals surface area (Å²) in [6.45, 7) is 0. The van der Waals surface area contributed by atoms with Crippen molar-refractivity contribution >= 4 is 6.29 Å². The largest absolute Gasteiger partial charge is 0.296 e. The molecule has 0 radical (unpaired) electrons. The molecule has 0 saturated carbocycles. The Balaban J connectivity index is 2.21. The Hall–Kier alpha value is -2.89. The Bertz CT molecular complexity index is 797. The van der Waals surface area contributed by atoms with Gasteiger partial charge in [-0.25, -0.2) is 13.5 Å². The van der Waals surface area contributed by atoms with Gasteiger partial charge in [0.25, 0.3) is 0 Å². The van der Waals surface area contributed by atoms with Crippen LogP contribution in [0.25, 0.3) is 16.9 Å². The Morgan fingerprint density at radius 3 is 2.43 bits per heavy atom. The highest BCUT2D eigenvalue weighted by Crippen LogP contribution is 2.25. The summed E-state index contributed by atoms with van der Waals surface area (Å²) in [5.74, 6) is -0.821. The van der Waals surface area contributed by atoms with Gasteiger partial charge in [-0.15, -0.1) is 5.10 Å². The van der Waals surface area contributed by atoms with Gasteiger partial charge in [-0.3, -0.25) is 4.79 Å². The first-order valence-corrected chi connectivity index (χ1v) is 6.12. The standard InChI is InChI=1S/C15H9F2N3O/c16-11-4-6-13(7-5-11)20-15(14(9-21)18-19-20)10-2-1-3-12(17)8-10/h1-9H. The van der Waals surface area contributed by atoms with Gasteiger partial charge >= 0.3 is 0 Å². The first-order chi connectivity index (χ1) is 10.2. The number of aldehydes is 1. The second-order valence-corrected chi connectivity index (χ2v) is 4.34. The maximum atomic E-state index is 13.4. The molecule has 4 nitrogen and oxygen atoms in total. The van der Waals surface area contributed by atoms with Gasteiger partial charge in [0, 0.05) is 5.56 Å². The zero-order valence-electron chi connectivity index (χ0n) is 10.7. The highest BCUT2D eigenvalue weighted by Gasteiger charge is 2.16. The zero-order valence-corrected chi connectivity index (χ0v) is 10.7. The van der Waals surface area contributed by atoms with Crippen LogP contribution in [0.3, 0.4) is 0 Å². The van der Waals surface area contributed by atoms with Crippen molar-refractivity contribution in [2.45, 2.75) is 0 Å². The molecule has 3 aromatic rings. The molecule has 104 valence electrons. The number of nitrogens with zero attached hydrogens (tertiary/aromatic N) is 3. The molecule has 0 unspecified atom stereocenters. The lowest BCUT2D eigenvalue weighted by atomic mass is 10.1. The lowest BCUT2D eigenvalue weighted by Gasteiger charge is -2.07. The van der Waals surface area contributed by atoms with Crippen molar-refractivity contribution in [3.63, 3.8) is 0 Å². The van der Waals surface area contributed by atoms with Gasteiger partial charge in [0.15, 0.2) is 12.0 Å². The molecule has 3 rings (SSSR count). The van der Waals surface area contributed by atoms with Gasteiger partial charge in [-0.2, -0.15) is 0 Å². The summed E-state index contributed by atoms with van der Waals surface area (Å²) < 4.78 is 27.8. The van der Waals surface area contributed by atoms with Crippen molar-refractivity contribution in [1.29, 1.82) is 0 Å². The molecular formula is C15H9F2N3O. The van der Waals surface area contributed by atoms with E-state index in [1.807, 2.05) is 0 Å². The summed E-state index contributed by atoms with van der Waals surface area (Å²) >= 11 is 0. The molecule has 2 aromatic carbocycles. The monoisotopic (exact) mass is 285 g/mol. The van der Waals surface area contributed by atoms with Crippen LogP contribution in [0.1, 0.15) is 10.5 Å². The highest BCUT2D eigenvalue weighted by molar-refractivity contribution is 5.83. The van der Waals surface area contributed by atoms with Crippen LogP contribution < -0.4 is 0 Å². The lowest BCUT2D eigenvalue weighted by Crippen LogP contribution is -2.00. The van der Waals surface area contributed by atoms with Crippen molar-refractivity contribution in [3.8, 4) is 16.9 Å². The molecule has 0 atom stereocenters. The maximum absolute atomic E-state index is 13.4. The topological polar surface area (TPSA) is 47.8 Å². The fourth-order valence-electron chi connectivity index (χ4n) is 2.04. The van der Waals surface area contributed by atoms with E-state index in [1.54, 1.807) is 6.07 Å². The van der Waals surface area contributed by atoms with Gasteiger partial charge in [0.2, 0.25) is 0 Å². The Kier molecular flexibility index (Phi) is 3.27. The van der Waals surface area contributed by atoms with Crippen LogP contribution in [0.2, 0.25) is 0 Å². The maximum Gasteiger partial charge on any atom is 0.172 e. The third-order valence-electron chi connectivity index (χ3n) is 2.98. The smallest absolute Gasteiger partial charge is 0.172 e. The van der Waals surface area contributed by atoms with Crippen molar-refractivity contribution in [1.82, 2.24) is 15.0 Å². The fraction of sp³-hybridized carbons (Fsp3) is 0. The number of halogens is 2. The van der Waals surface area contributed by atoms with Crippen LogP contribution in [0.15, 0.2) is 48.5 Å². The fourth-order valence-corrected chi connectivity index (χ4v) is 2.04. The van der Waals surface area contributed by atoms with Gasteiger partial charge in [-0.1, -0.05) is 17.3 Å². The minimum absolute atomic E-state index is 0.0879. The Morgan fingerprint density at radius 2 is 1.76 bits per heavy atom. The van der Waals surface area contributed by atoms with Gasteiger partial charge in [-0.05, 0) is 36.4 Å². The number of aromatic nitrogens is 3. The molecule has 0 amide bonds. The van der Waals surface area contributed by atoms with E-state index in [0.29, 0.717) is 23.2 Å². The number of benzene rings is 2. The first kappa shape index (κ1) is 13.1. The van der Waals surface area contributed by atoms with Crippen molar-refractivity contribution in [2.75, 3.05) is 0 Å². The lowest BCUT2D eigenvalue weighted by molar-refractivity contribution is 0.111. The van der Waals surface area contributed by atoms with E-state index in [9.17, 15) is 13.6 Å². The summed E-state index contributed by atoms with van der Waals surface area (Å²) in [6, 6.07) is 11.3. The summed E-state index contributed by atoms with van der Waals surface area (Å²) in [5, 5.41) is 7.65. The molecule has 1 aromatic heterocycles. The van der Waals surface area contributed by atoms with Crippen molar-refractivity contribution < 1.29 is 13.6 Å². The van der Waals surface area contributed by atoms with E-state index in [4.69, 9.17) is 0 Å². The molecule has 0 aliphatic heterocycles. The third kappa shape index (κ3) is 2.43. The molecule has 0 aliphatic rings. The van der Waals surface area contributed by atoms with E-state index >= 15 is 0 Å². The summed E-state index contributed by atoms with van der Waals surface area (Å²) in [7, 11) is 0. The normalized spacial score (nSPS) is 10.6. The predicted octanol–water partition coefficient (Wildman–Crippen LogP) is 3.03. The molecule has 0 bridgehead atoms. The quantitative estimate of drug-likeness (QED) is 0.695. The molecule has 6 heteroatoms. The van der Waals surface area contributed by atoms with E-state index < -0.39 is 5.82 Å². The summed E-state index contributed by atoms with van der Waals surface area (Å²) in [5.41, 5.74) is 1.43. The zero-order chi connectivity index (χ0) is 14.8. The average Bonchev–Trinajstić information content (AvgIpc) is 2.92. The molecule has 0 saturated heterocycles. The van der Waals surface area contributed by atoms with E-state index in [2.05, 4.69) is 10.3 Å². The van der Waals surface area contributed by atoms with Crippen molar-refractivity contribution in [2.24, 2.45) is 0 Å². The second-order valence-electron chi connectivity index (χ2n) is 4.34. The van der Waals surface area contributed by atoms with E-state index in [1.165, 1.54) is 47.1 Å². The minimum Gasteiger partial charge on any atom is -0.296 e. The van der Waals surface area contributed by atoms with E-state index in [-0.39, 0.29) is 11.5 Å². The summed E-state index contributed by atoms with van der Waals surface area (Å²) in [4.78, 5) is 11.1. The second kappa shape index (κ2) is 5.24. The predicted molar refractivity (Wildman–Crippen MR) is 72.1 cm³/mol. The van der Waals surface area contributed by atoms with Gasteiger partial charge in [0.05, 0.1) is 5.69 Å². The highest BCUT2D eigenvalue weighted by atomic mass is 19.1. The Labute approximate surface area is 118 Å². The number of hydrogen-bond acceptors (Lipinski definition) is 3. The molecule has 0 spiro atoms. The van der Waals surface area contributed by atoms with Crippen LogP contribution >= 0.6 is 0 Å². The molecule has 0 fully saturated rings. The van der Waals surface area contributed by atoms with Gasteiger partial charge in [0.1, 0.15) is 17.3 Å². The van der Waals surface area contributed by atoms with Crippen LogP contribution in [0.4, 0.5) is 8.78 Å². The van der Waals surface area contributed by atoms with Gasteiger partial charge < -0.3 is 0 Å². The molecule has 1 heterocycles. The molecular weight excluding hydrogens is 276 g/mol. The van der Waals surface area contributed by atoms with Crippen molar-refractivity contribution in [3.05, 3.63) is 65.9 Å². The summed E-state index contributed by atoms with van der Waals surface area (Å²) in [6.07, 6.45) is 0.549. The molecule has 21 heavy (non-hydrogen) atoms. The van der Waals surface area contributed by atoms with E-state index in [0.717, 1.165) is 0 Å². The molecule has 0 N–H and O–H groups in total. The van der Waals surface area contributed by atoms with Crippen LogP contribution in [-0.4, -0.2) is 21.3 Å². The minimum atomic E-state index is -0.434. The third-order valence-corrected chi connectivity index (χ3v) is 2.98. The SMILES string of the molecule is O=Cc1nnn(-c2ccc(F)cc2)c1-c1cccc(F)c1. The Morgan fingerprint density at radius 1 is 1.00 bits per heavy atom. The number of carbonyl (C=O) groups is 1. The molecule has 0 aliphatic carbocycles. The number of carbonyl (C=O) groups excluding carboxylic acids is 1. The average molecular weight is 285 g/mol. The van der Waals surface area contributed by atoms with Crippen LogP contribution in [0, 0.1) is 11.6 Å². The van der Waals surface area contributed by atoms with Crippen LogP contribution in [0.5, 0.6) is 0 Å². The van der Waals surface area contributed by atoms with Crippen LogP contribution in [-0.2, 0) is 0 Å².